The molecule has 0 aromatic carbocycles. The van der Waals surface area contributed by atoms with Crippen LogP contribution in [0.5, 0.6) is 0 Å². The molecule has 34 heavy (non-hydrogen) atoms. The predicted octanol–water partition coefficient (Wildman–Crippen LogP) is -0.103. The molecule has 1 atom stereocenters. The summed E-state index contributed by atoms with van der Waals surface area (Å²) in [7, 11) is 0.776. The molecule has 2 saturated heterocycles. The molecule has 0 spiro atoms. The first kappa shape index (κ1) is 29.0. The summed E-state index contributed by atoms with van der Waals surface area (Å²) in [4.78, 5) is 25.5. The van der Waals surface area contributed by atoms with Crippen molar-refractivity contribution in [3.05, 3.63) is 0 Å². The summed E-state index contributed by atoms with van der Waals surface area (Å²) in [6, 6.07) is 0. The van der Waals surface area contributed by atoms with Crippen molar-refractivity contribution >= 4 is 19.8 Å². The van der Waals surface area contributed by atoms with E-state index in [1.807, 2.05) is 0 Å². The maximum Gasteiger partial charge on any atom is 0.369 e. The van der Waals surface area contributed by atoms with Gasteiger partial charge in [0.15, 0.2) is 13.3 Å². The molecule has 0 bridgehead atoms. The van der Waals surface area contributed by atoms with Crippen LogP contribution in [-0.2, 0) is 19.1 Å². The zero-order chi connectivity index (χ0) is 26.7. The highest BCUT2D eigenvalue weighted by Crippen LogP contribution is 2.40. The highest BCUT2D eigenvalue weighted by molar-refractivity contribution is 6.28. The SMILES string of the molecule is BC(O)(C(=O)OC1CC(C)(C)N(O)C(C)(C)C1)C(O)(O)C(=O)OC1CC(C)(C)N(O)C(C)(C)C1. The second-order valence-electron chi connectivity index (χ2n) is 12.5. The Morgan fingerprint density at radius 3 is 1.26 bits per heavy atom. The summed E-state index contributed by atoms with van der Waals surface area (Å²) < 4.78 is 10.7. The number of nitrogens with zero attached hydrogens (tertiary/aromatic N) is 2. The predicted molar refractivity (Wildman–Crippen MR) is 122 cm³/mol. The number of esters is 2. The summed E-state index contributed by atoms with van der Waals surface area (Å²) in [5, 5.41) is 54.9. The summed E-state index contributed by atoms with van der Waals surface area (Å²) in [6.45, 7) is 14.0. The van der Waals surface area contributed by atoms with Gasteiger partial charge < -0.3 is 35.2 Å². The number of rotatable bonds is 5. The summed E-state index contributed by atoms with van der Waals surface area (Å²) in [5.41, 5.74) is -6.09. The van der Waals surface area contributed by atoms with Gasteiger partial charge in [-0.2, -0.15) is 10.1 Å². The van der Waals surface area contributed by atoms with Gasteiger partial charge in [-0.1, -0.05) is 0 Å². The third-order valence-corrected chi connectivity index (χ3v) is 7.11. The van der Waals surface area contributed by atoms with Crippen LogP contribution in [0.2, 0.25) is 0 Å². The standard InChI is InChI=1S/C22H41BN2O9/c1-17(2)9-13(10-18(3,4)24(17)31)33-15(26)21(23,28)22(29,30)16(27)34-14-11-19(5,6)25(32)20(7,8)12-14/h13-14,28-32H,9-12,23H2,1-8H3. The Labute approximate surface area is 201 Å². The lowest BCUT2D eigenvalue weighted by Crippen LogP contribution is -2.67. The minimum Gasteiger partial charge on any atom is -0.461 e. The monoisotopic (exact) mass is 488 g/mol. The lowest BCUT2D eigenvalue weighted by molar-refractivity contribution is -0.280. The first-order valence-electron chi connectivity index (χ1n) is 11.6. The first-order valence-corrected chi connectivity index (χ1v) is 11.6. The highest BCUT2D eigenvalue weighted by atomic mass is 16.6. The molecule has 2 aliphatic heterocycles. The highest BCUT2D eigenvalue weighted by Gasteiger charge is 2.60. The number of aliphatic hydroxyl groups is 3. The van der Waals surface area contributed by atoms with Gasteiger partial charge in [-0.15, -0.1) is 0 Å². The maximum absolute atomic E-state index is 12.8. The fourth-order valence-electron chi connectivity index (χ4n) is 5.36. The van der Waals surface area contributed by atoms with Crippen molar-refractivity contribution in [3.63, 3.8) is 0 Å². The minimum absolute atomic E-state index is 0.186. The van der Waals surface area contributed by atoms with Gasteiger partial charge in [0.2, 0.25) is 0 Å². The van der Waals surface area contributed by atoms with Crippen molar-refractivity contribution < 1.29 is 44.8 Å². The molecule has 0 aliphatic carbocycles. The topological polar surface area (TPSA) is 160 Å². The van der Waals surface area contributed by atoms with E-state index >= 15 is 0 Å². The molecule has 0 amide bonds. The van der Waals surface area contributed by atoms with Gasteiger partial charge in [0.1, 0.15) is 12.2 Å². The van der Waals surface area contributed by atoms with Crippen LogP contribution in [0, 0.1) is 0 Å². The van der Waals surface area contributed by atoms with Crippen LogP contribution in [-0.4, -0.2) is 101 Å². The fourth-order valence-corrected chi connectivity index (χ4v) is 5.36. The van der Waals surface area contributed by atoms with Gasteiger partial charge in [0, 0.05) is 47.8 Å². The number of piperidine rings is 2. The van der Waals surface area contributed by atoms with Crippen molar-refractivity contribution in [2.75, 3.05) is 0 Å². The van der Waals surface area contributed by atoms with E-state index in [0.29, 0.717) is 0 Å². The average molecular weight is 488 g/mol. The van der Waals surface area contributed by atoms with E-state index in [2.05, 4.69) is 0 Å². The second kappa shape index (κ2) is 8.68. The zero-order valence-electron chi connectivity index (χ0n) is 21.7. The number of hydrogen-bond donors (Lipinski definition) is 5. The summed E-state index contributed by atoms with van der Waals surface area (Å²) >= 11 is 0. The molecule has 1 unspecified atom stereocenters. The van der Waals surface area contributed by atoms with Gasteiger partial charge in [-0.05, 0) is 55.4 Å². The van der Waals surface area contributed by atoms with E-state index in [0.717, 1.165) is 7.85 Å². The Morgan fingerprint density at radius 2 is 0.971 bits per heavy atom. The average Bonchev–Trinajstić information content (AvgIpc) is 2.62. The Bertz CT molecular complexity index is 708. The summed E-state index contributed by atoms with van der Waals surface area (Å²) in [6.07, 6.45) is -0.757. The van der Waals surface area contributed by atoms with Crippen molar-refractivity contribution in [1.29, 1.82) is 0 Å². The number of carbonyl (C=O) groups is 2. The van der Waals surface area contributed by atoms with E-state index in [-0.39, 0.29) is 25.7 Å². The Balaban J connectivity index is 2.15. The molecule has 0 saturated carbocycles. The van der Waals surface area contributed by atoms with Crippen LogP contribution in [0.3, 0.4) is 0 Å². The van der Waals surface area contributed by atoms with Crippen LogP contribution < -0.4 is 0 Å². The normalized spacial score (nSPS) is 27.6. The van der Waals surface area contributed by atoms with Crippen LogP contribution in [0.15, 0.2) is 0 Å². The van der Waals surface area contributed by atoms with E-state index in [1.165, 1.54) is 10.1 Å². The molecule has 2 aliphatic rings. The number of carbonyl (C=O) groups excluding carboxylic acids is 2. The molecule has 11 nitrogen and oxygen atoms in total. The molecule has 2 fully saturated rings. The van der Waals surface area contributed by atoms with Gasteiger partial charge >= 0.3 is 11.9 Å². The van der Waals surface area contributed by atoms with E-state index in [9.17, 15) is 35.3 Å². The number of hydroxylamine groups is 4. The van der Waals surface area contributed by atoms with Crippen LogP contribution in [0.4, 0.5) is 0 Å². The van der Waals surface area contributed by atoms with Gasteiger partial charge in [0.25, 0.3) is 5.79 Å². The van der Waals surface area contributed by atoms with Crippen LogP contribution in [0.1, 0.15) is 81.1 Å². The lowest BCUT2D eigenvalue weighted by Gasteiger charge is -2.51. The van der Waals surface area contributed by atoms with Crippen molar-refractivity contribution in [2.24, 2.45) is 0 Å². The summed E-state index contributed by atoms with van der Waals surface area (Å²) in [5.74, 6) is -6.58. The molecule has 12 heteroatoms. The van der Waals surface area contributed by atoms with Crippen molar-refractivity contribution in [3.8, 4) is 0 Å². The lowest BCUT2D eigenvalue weighted by atomic mass is 9.73. The van der Waals surface area contributed by atoms with Gasteiger partial charge in [-0.3, -0.25) is 0 Å². The van der Waals surface area contributed by atoms with Crippen LogP contribution in [0.25, 0.3) is 0 Å². The Hall–Kier alpha value is -1.28. The molecule has 2 rings (SSSR count). The molecule has 0 aromatic heterocycles. The fraction of sp³-hybridized carbons (Fsp3) is 0.909. The van der Waals surface area contributed by atoms with Crippen molar-refractivity contribution in [2.45, 2.75) is 127 Å². The second-order valence-corrected chi connectivity index (χ2v) is 12.5. The van der Waals surface area contributed by atoms with E-state index in [1.54, 1.807) is 55.4 Å². The number of hydrogen-bond acceptors (Lipinski definition) is 11. The largest absolute Gasteiger partial charge is 0.461 e. The Morgan fingerprint density at radius 1 is 0.706 bits per heavy atom. The third kappa shape index (κ3) is 5.28. The maximum atomic E-state index is 12.8. The first-order chi connectivity index (χ1) is 15.0. The number of ether oxygens (including phenoxy) is 2. The molecule has 0 aromatic rings. The molecule has 5 N–H and O–H groups in total. The zero-order valence-corrected chi connectivity index (χ0v) is 21.7. The van der Waals surface area contributed by atoms with Gasteiger partial charge in [0.05, 0.1) is 0 Å². The molecular formula is C22H41BN2O9. The van der Waals surface area contributed by atoms with Gasteiger partial charge in [-0.25, -0.2) is 9.59 Å². The van der Waals surface area contributed by atoms with Crippen LogP contribution >= 0.6 is 0 Å². The van der Waals surface area contributed by atoms with E-state index in [4.69, 9.17) is 9.47 Å². The Kier molecular flexibility index (Phi) is 7.40. The third-order valence-electron chi connectivity index (χ3n) is 7.11. The smallest absolute Gasteiger partial charge is 0.369 e. The van der Waals surface area contributed by atoms with Crippen molar-refractivity contribution in [1.82, 2.24) is 10.1 Å². The van der Waals surface area contributed by atoms with E-state index < -0.39 is 57.6 Å². The quantitative estimate of drug-likeness (QED) is 0.200. The molecule has 196 valence electrons. The molecular weight excluding hydrogens is 447 g/mol. The minimum atomic E-state index is -3.59. The molecule has 0 radical (unpaired) electrons. The molecule has 2 heterocycles.